The first-order chi connectivity index (χ1) is 14.7. The van der Waals surface area contributed by atoms with Gasteiger partial charge in [-0.05, 0) is 61.9 Å². The molecule has 3 aliphatic rings. The maximum Gasteiger partial charge on any atom is 0.248 e. The van der Waals surface area contributed by atoms with E-state index in [-0.39, 0.29) is 18.1 Å². The van der Waals surface area contributed by atoms with Crippen LogP contribution in [0.4, 0.5) is 5.69 Å². The van der Waals surface area contributed by atoms with Crippen molar-refractivity contribution in [1.82, 2.24) is 4.90 Å². The number of carbonyl (C=O) groups excluding carboxylic acids is 1. The summed E-state index contributed by atoms with van der Waals surface area (Å²) in [7, 11) is 0. The Bertz CT molecular complexity index is 856. The Labute approximate surface area is 178 Å². The Morgan fingerprint density at radius 1 is 1.00 bits per heavy atom. The third-order valence-corrected chi connectivity index (χ3v) is 6.92. The van der Waals surface area contributed by atoms with E-state index in [9.17, 15) is 4.79 Å². The summed E-state index contributed by atoms with van der Waals surface area (Å²) in [5.41, 5.74) is 2.24. The van der Waals surface area contributed by atoms with Crippen LogP contribution in [-0.2, 0) is 16.1 Å². The molecule has 30 heavy (non-hydrogen) atoms. The number of anilines is 1. The van der Waals surface area contributed by atoms with Crippen molar-refractivity contribution in [2.75, 3.05) is 31.1 Å². The van der Waals surface area contributed by atoms with Crippen molar-refractivity contribution >= 4 is 11.6 Å². The number of nitrogens with zero attached hydrogens (tertiary/aromatic N) is 2. The Morgan fingerprint density at radius 3 is 2.40 bits per heavy atom. The lowest BCUT2D eigenvalue weighted by Crippen LogP contribution is -2.61. The van der Waals surface area contributed by atoms with Gasteiger partial charge in [0.15, 0.2) is 0 Å². The van der Waals surface area contributed by atoms with Crippen LogP contribution in [0, 0.1) is 0 Å². The molecule has 1 spiro atoms. The van der Waals surface area contributed by atoms with Crippen LogP contribution in [-0.4, -0.2) is 48.7 Å². The Balaban J connectivity index is 1.16. The van der Waals surface area contributed by atoms with Crippen molar-refractivity contribution in [2.45, 2.75) is 50.4 Å². The topological polar surface area (TPSA) is 42.0 Å². The van der Waals surface area contributed by atoms with Gasteiger partial charge in [-0.3, -0.25) is 4.79 Å². The van der Waals surface area contributed by atoms with Crippen molar-refractivity contribution < 1.29 is 14.3 Å². The molecule has 2 aromatic carbocycles. The van der Waals surface area contributed by atoms with E-state index in [2.05, 4.69) is 46.2 Å². The average Bonchev–Trinajstić information content (AvgIpc) is 2.76. The van der Waals surface area contributed by atoms with Gasteiger partial charge in [0.2, 0.25) is 5.91 Å². The second-order valence-electron chi connectivity index (χ2n) is 8.83. The molecule has 0 unspecified atom stereocenters. The van der Waals surface area contributed by atoms with E-state index in [0.29, 0.717) is 12.6 Å². The molecule has 2 aliphatic heterocycles. The predicted molar refractivity (Wildman–Crippen MR) is 117 cm³/mol. The molecule has 5 nitrogen and oxygen atoms in total. The second kappa shape index (κ2) is 8.31. The first kappa shape index (κ1) is 19.4. The van der Waals surface area contributed by atoms with Crippen LogP contribution in [0.2, 0.25) is 0 Å². The van der Waals surface area contributed by atoms with E-state index in [1.165, 1.54) is 17.7 Å². The second-order valence-corrected chi connectivity index (χ2v) is 8.83. The molecular weight excluding hydrogens is 376 g/mol. The molecule has 1 aliphatic carbocycles. The lowest BCUT2D eigenvalue weighted by atomic mass is 9.85. The van der Waals surface area contributed by atoms with Gasteiger partial charge in [-0.15, -0.1) is 0 Å². The predicted octanol–water partition coefficient (Wildman–Crippen LogP) is 4.02. The number of amides is 1. The minimum absolute atomic E-state index is 0.154. The van der Waals surface area contributed by atoms with Gasteiger partial charge in [-0.2, -0.15) is 0 Å². The number of benzene rings is 2. The quantitative estimate of drug-likeness (QED) is 0.752. The van der Waals surface area contributed by atoms with Gasteiger partial charge < -0.3 is 19.3 Å². The fourth-order valence-electron chi connectivity index (χ4n) is 4.74. The number of carbonyl (C=O) groups is 1. The third kappa shape index (κ3) is 4.04. The summed E-state index contributed by atoms with van der Waals surface area (Å²) in [4.78, 5) is 16.8. The number of ether oxygens (including phenoxy) is 2. The van der Waals surface area contributed by atoms with Crippen LogP contribution in [0.15, 0.2) is 54.6 Å². The van der Waals surface area contributed by atoms with Gasteiger partial charge in [-0.25, -0.2) is 0 Å². The summed E-state index contributed by atoms with van der Waals surface area (Å²) in [5.74, 6) is 1.07. The first-order valence-corrected chi connectivity index (χ1v) is 11.2. The summed E-state index contributed by atoms with van der Waals surface area (Å²) in [6.07, 6.45) is 5.51. The summed E-state index contributed by atoms with van der Waals surface area (Å²) < 4.78 is 12.0. The number of piperidine rings is 1. The largest absolute Gasteiger partial charge is 0.489 e. The van der Waals surface area contributed by atoms with Gasteiger partial charge in [0.25, 0.3) is 0 Å². The zero-order valence-corrected chi connectivity index (χ0v) is 17.5. The molecule has 2 heterocycles. The normalized spacial score (nSPS) is 21.5. The summed E-state index contributed by atoms with van der Waals surface area (Å²) in [5, 5.41) is 0. The molecule has 0 atom stereocenters. The van der Waals surface area contributed by atoms with E-state index < -0.39 is 0 Å². The number of hydrogen-bond donors (Lipinski definition) is 0. The Hall–Kier alpha value is -2.53. The number of rotatable bonds is 5. The molecule has 3 fully saturated rings. The van der Waals surface area contributed by atoms with E-state index in [1.807, 2.05) is 18.2 Å². The van der Waals surface area contributed by atoms with Crippen molar-refractivity contribution in [3.63, 3.8) is 0 Å². The maximum absolute atomic E-state index is 12.3. The highest BCUT2D eigenvalue weighted by molar-refractivity contribution is 5.78. The first-order valence-electron chi connectivity index (χ1n) is 11.2. The molecule has 5 rings (SSSR count). The van der Waals surface area contributed by atoms with Crippen LogP contribution in [0.3, 0.4) is 0 Å². The standard InChI is InChI=1S/C25H30N2O3/c28-24-18-30-25(19-27(24)22-7-4-8-22)13-15-26(16-14-25)21-9-11-23(12-10-21)29-17-20-5-2-1-3-6-20/h1-3,5-6,9-12,22H,4,7-8,13-19H2. The molecule has 0 radical (unpaired) electrons. The van der Waals surface area contributed by atoms with Crippen LogP contribution in [0.5, 0.6) is 5.75 Å². The highest BCUT2D eigenvalue weighted by atomic mass is 16.5. The van der Waals surface area contributed by atoms with Crippen molar-refractivity contribution in [3.8, 4) is 5.75 Å². The smallest absolute Gasteiger partial charge is 0.248 e. The molecular formula is C25H30N2O3. The highest BCUT2D eigenvalue weighted by Crippen LogP contribution is 2.36. The Morgan fingerprint density at radius 2 is 1.73 bits per heavy atom. The lowest BCUT2D eigenvalue weighted by Gasteiger charge is -2.50. The van der Waals surface area contributed by atoms with Gasteiger partial charge in [0.1, 0.15) is 19.0 Å². The summed E-state index contributed by atoms with van der Waals surface area (Å²) in [6, 6.07) is 19.1. The van der Waals surface area contributed by atoms with Crippen LogP contribution in [0.1, 0.15) is 37.7 Å². The highest BCUT2D eigenvalue weighted by Gasteiger charge is 2.44. The van der Waals surface area contributed by atoms with Crippen molar-refractivity contribution in [1.29, 1.82) is 0 Å². The van der Waals surface area contributed by atoms with Gasteiger partial charge in [0.05, 0.1) is 12.1 Å². The zero-order valence-electron chi connectivity index (χ0n) is 17.5. The summed E-state index contributed by atoms with van der Waals surface area (Å²) >= 11 is 0. The molecule has 2 saturated heterocycles. The fraction of sp³-hybridized carbons (Fsp3) is 0.480. The van der Waals surface area contributed by atoms with E-state index in [0.717, 1.165) is 51.1 Å². The SMILES string of the molecule is O=C1COC2(CCN(c3ccc(OCc4ccccc4)cc3)CC2)CN1C1CCC1. The molecule has 158 valence electrons. The molecule has 0 bridgehead atoms. The van der Waals surface area contributed by atoms with Crippen molar-refractivity contribution in [3.05, 3.63) is 60.2 Å². The molecule has 0 aromatic heterocycles. The summed E-state index contributed by atoms with van der Waals surface area (Å²) in [6.45, 7) is 3.52. The lowest BCUT2D eigenvalue weighted by molar-refractivity contribution is -0.174. The molecule has 1 saturated carbocycles. The van der Waals surface area contributed by atoms with Crippen LogP contribution < -0.4 is 9.64 Å². The minimum atomic E-state index is -0.154. The fourth-order valence-corrected chi connectivity index (χ4v) is 4.74. The van der Waals surface area contributed by atoms with Gasteiger partial charge in [-0.1, -0.05) is 30.3 Å². The number of morpholine rings is 1. The molecule has 1 amide bonds. The third-order valence-electron chi connectivity index (χ3n) is 6.92. The van der Waals surface area contributed by atoms with E-state index >= 15 is 0 Å². The van der Waals surface area contributed by atoms with E-state index in [4.69, 9.17) is 9.47 Å². The molecule has 2 aromatic rings. The Kier molecular flexibility index (Phi) is 5.38. The molecule has 0 N–H and O–H groups in total. The zero-order chi connectivity index (χ0) is 20.4. The van der Waals surface area contributed by atoms with Crippen LogP contribution in [0.25, 0.3) is 0 Å². The molecule has 5 heteroatoms. The van der Waals surface area contributed by atoms with Gasteiger partial charge >= 0.3 is 0 Å². The maximum atomic E-state index is 12.3. The van der Waals surface area contributed by atoms with Gasteiger partial charge in [0, 0.05) is 24.8 Å². The average molecular weight is 407 g/mol. The number of hydrogen-bond acceptors (Lipinski definition) is 4. The minimum Gasteiger partial charge on any atom is -0.489 e. The monoisotopic (exact) mass is 406 g/mol. The van der Waals surface area contributed by atoms with E-state index in [1.54, 1.807) is 0 Å². The van der Waals surface area contributed by atoms with Crippen LogP contribution >= 0.6 is 0 Å². The van der Waals surface area contributed by atoms with Crippen molar-refractivity contribution in [2.24, 2.45) is 0 Å².